The molecule has 3 fully saturated rings. The summed E-state index contributed by atoms with van der Waals surface area (Å²) >= 11 is 0. The zero-order chi connectivity index (χ0) is 17.3. The SMILES string of the molecule is C=C1C[C@@H]2[C@H](CC[C@]3(C)C(=O)CC[C@@H]23)[C@@]2(C)C=CC(=O)C(OC)=C12. The lowest BCUT2D eigenvalue weighted by Gasteiger charge is -2.56. The van der Waals surface area contributed by atoms with Crippen LogP contribution in [0.2, 0.25) is 0 Å². The molecule has 0 aromatic rings. The van der Waals surface area contributed by atoms with Crippen molar-refractivity contribution in [1.82, 2.24) is 0 Å². The molecule has 0 aliphatic heterocycles. The lowest BCUT2D eigenvalue weighted by Crippen LogP contribution is -2.50. The van der Waals surface area contributed by atoms with Crippen LogP contribution >= 0.6 is 0 Å². The van der Waals surface area contributed by atoms with E-state index in [1.165, 1.54) is 0 Å². The zero-order valence-electron chi connectivity index (χ0n) is 14.9. The molecule has 0 bridgehead atoms. The number of rotatable bonds is 1. The number of allylic oxidation sites excluding steroid dienone is 4. The number of Topliss-reactive ketones (excluding diaryl/α,β-unsaturated/α-hetero) is 1. The van der Waals surface area contributed by atoms with Crippen LogP contribution in [0.1, 0.15) is 46.0 Å². The molecular formula is C21H26O3. The summed E-state index contributed by atoms with van der Waals surface area (Å²) in [5.41, 5.74) is 1.69. The van der Waals surface area contributed by atoms with Gasteiger partial charge in [-0.25, -0.2) is 0 Å². The average Bonchev–Trinajstić information content (AvgIpc) is 2.84. The van der Waals surface area contributed by atoms with Crippen LogP contribution in [-0.4, -0.2) is 18.7 Å². The molecule has 4 aliphatic rings. The number of ether oxygens (including phenoxy) is 1. The molecule has 4 aliphatic carbocycles. The van der Waals surface area contributed by atoms with Gasteiger partial charge in [0.15, 0.2) is 5.76 Å². The van der Waals surface area contributed by atoms with Crippen molar-refractivity contribution in [2.24, 2.45) is 28.6 Å². The third-order valence-electron chi connectivity index (χ3n) is 7.53. The molecule has 0 unspecified atom stereocenters. The molecule has 3 saturated carbocycles. The van der Waals surface area contributed by atoms with E-state index >= 15 is 0 Å². The van der Waals surface area contributed by atoms with Crippen molar-refractivity contribution in [3.8, 4) is 0 Å². The molecule has 4 rings (SSSR count). The second kappa shape index (κ2) is 4.93. The van der Waals surface area contributed by atoms with Crippen molar-refractivity contribution in [2.45, 2.75) is 46.0 Å². The summed E-state index contributed by atoms with van der Waals surface area (Å²) in [7, 11) is 1.58. The van der Waals surface area contributed by atoms with Crippen LogP contribution in [0, 0.1) is 28.6 Å². The molecule has 0 saturated heterocycles. The fraction of sp³-hybridized carbons (Fsp3) is 0.619. The Balaban J connectivity index is 1.81. The van der Waals surface area contributed by atoms with E-state index in [4.69, 9.17) is 4.74 Å². The fourth-order valence-electron chi connectivity index (χ4n) is 6.30. The van der Waals surface area contributed by atoms with Gasteiger partial charge in [-0.3, -0.25) is 9.59 Å². The maximum Gasteiger partial charge on any atom is 0.220 e. The Labute approximate surface area is 143 Å². The fourth-order valence-corrected chi connectivity index (χ4v) is 6.30. The van der Waals surface area contributed by atoms with Crippen molar-refractivity contribution >= 4 is 11.6 Å². The number of ketones is 2. The maximum absolute atomic E-state index is 12.5. The molecular weight excluding hydrogens is 300 g/mol. The summed E-state index contributed by atoms with van der Waals surface area (Å²) < 4.78 is 5.48. The van der Waals surface area contributed by atoms with Crippen molar-refractivity contribution in [2.75, 3.05) is 7.11 Å². The van der Waals surface area contributed by atoms with Crippen LogP contribution in [0.15, 0.2) is 35.6 Å². The van der Waals surface area contributed by atoms with E-state index in [-0.39, 0.29) is 16.6 Å². The van der Waals surface area contributed by atoms with E-state index in [9.17, 15) is 9.59 Å². The van der Waals surface area contributed by atoms with Crippen LogP contribution in [0.5, 0.6) is 0 Å². The molecule has 0 radical (unpaired) electrons. The number of hydrogen-bond donors (Lipinski definition) is 0. The first-order valence-electron chi connectivity index (χ1n) is 9.06. The van der Waals surface area contributed by atoms with Gasteiger partial charge in [0.1, 0.15) is 5.78 Å². The predicted octanol–water partition coefficient (Wildman–Crippen LogP) is 4.00. The second-order valence-corrected chi connectivity index (χ2v) is 8.49. The molecule has 128 valence electrons. The summed E-state index contributed by atoms with van der Waals surface area (Å²) in [5, 5.41) is 0. The Kier molecular flexibility index (Phi) is 3.26. The number of methoxy groups -OCH3 is 1. The quantitative estimate of drug-likeness (QED) is 0.731. The summed E-state index contributed by atoms with van der Waals surface area (Å²) in [4.78, 5) is 24.7. The smallest absolute Gasteiger partial charge is 0.220 e. The number of carbonyl (C=O) groups excluding carboxylic acids is 2. The van der Waals surface area contributed by atoms with Crippen molar-refractivity contribution in [1.29, 1.82) is 0 Å². The largest absolute Gasteiger partial charge is 0.492 e. The molecule has 3 heteroatoms. The molecule has 0 aromatic heterocycles. The Hall–Kier alpha value is -1.64. The summed E-state index contributed by atoms with van der Waals surface area (Å²) in [6.45, 7) is 8.72. The standard InChI is InChI=1S/C21H26O3/c1-12-11-13-14-5-6-17(23)20(14,2)9-7-15(13)21(3)10-8-16(22)19(24-4)18(12)21/h8,10,13-15H,1,5-7,9,11H2,2-4H3/t13-,14-,15-,20-,21+/m0/s1. The predicted molar refractivity (Wildman–Crippen MR) is 92.1 cm³/mol. The first kappa shape index (κ1) is 15.9. The Morgan fingerprint density at radius 2 is 1.96 bits per heavy atom. The van der Waals surface area contributed by atoms with E-state index < -0.39 is 0 Å². The highest BCUT2D eigenvalue weighted by Gasteiger charge is 2.59. The minimum absolute atomic E-state index is 0.0544. The number of fused-ring (bicyclic) bond motifs is 5. The zero-order valence-corrected chi connectivity index (χ0v) is 14.9. The number of carbonyl (C=O) groups is 2. The topological polar surface area (TPSA) is 43.4 Å². The average molecular weight is 326 g/mol. The molecule has 0 N–H and O–H groups in total. The minimum Gasteiger partial charge on any atom is -0.492 e. The van der Waals surface area contributed by atoms with E-state index in [1.807, 2.05) is 0 Å². The lowest BCUT2D eigenvalue weighted by atomic mass is 9.47. The summed E-state index contributed by atoms with van der Waals surface area (Å²) in [5.74, 6) is 2.26. The summed E-state index contributed by atoms with van der Waals surface area (Å²) in [6, 6.07) is 0. The number of hydrogen-bond acceptors (Lipinski definition) is 3. The molecule has 5 atom stereocenters. The highest BCUT2D eigenvalue weighted by Crippen LogP contribution is 2.64. The molecule has 3 nitrogen and oxygen atoms in total. The Morgan fingerprint density at radius 3 is 2.67 bits per heavy atom. The van der Waals surface area contributed by atoms with Crippen LogP contribution in [-0.2, 0) is 14.3 Å². The van der Waals surface area contributed by atoms with Crippen LogP contribution in [0.3, 0.4) is 0 Å². The first-order chi connectivity index (χ1) is 11.3. The third-order valence-corrected chi connectivity index (χ3v) is 7.53. The third kappa shape index (κ3) is 1.79. The van der Waals surface area contributed by atoms with Gasteiger partial charge < -0.3 is 4.74 Å². The molecule has 24 heavy (non-hydrogen) atoms. The lowest BCUT2D eigenvalue weighted by molar-refractivity contribution is -0.131. The van der Waals surface area contributed by atoms with Gasteiger partial charge in [0, 0.05) is 22.8 Å². The molecule has 0 spiro atoms. The van der Waals surface area contributed by atoms with E-state index in [0.29, 0.717) is 29.3 Å². The van der Waals surface area contributed by atoms with Gasteiger partial charge in [-0.15, -0.1) is 0 Å². The first-order valence-corrected chi connectivity index (χ1v) is 9.06. The van der Waals surface area contributed by atoms with Crippen LogP contribution < -0.4 is 0 Å². The van der Waals surface area contributed by atoms with Crippen molar-refractivity contribution in [3.05, 3.63) is 35.6 Å². The molecule has 0 amide bonds. The van der Waals surface area contributed by atoms with Crippen molar-refractivity contribution in [3.63, 3.8) is 0 Å². The van der Waals surface area contributed by atoms with Gasteiger partial charge in [-0.05, 0) is 55.1 Å². The van der Waals surface area contributed by atoms with E-state index in [0.717, 1.165) is 43.3 Å². The van der Waals surface area contributed by atoms with Crippen LogP contribution in [0.4, 0.5) is 0 Å². The van der Waals surface area contributed by atoms with Gasteiger partial charge in [0.25, 0.3) is 0 Å². The van der Waals surface area contributed by atoms with E-state index in [1.54, 1.807) is 13.2 Å². The van der Waals surface area contributed by atoms with Gasteiger partial charge in [0.2, 0.25) is 5.78 Å². The van der Waals surface area contributed by atoms with Gasteiger partial charge >= 0.3 is 0 Å². The highest BCUT2D eigenvalue weighted by molar-refractivity contribution is 6.05. The van der Waals surface area contributed by atoms with Gasteiger partial charge in [0.05, 0.1) is 7.11 Å². The monoisotopic (exact) mass is 326 g/mol. The van der Waals surface area contributed by atoms with Gasteiger partial charge in [-0.1, -0.05) is 26.5 Å². The Bertz CT molecular complexity index is 713. The Morgan fingerprint density at radius 1 is 1.21 bits per heavy atom. The van der Waals surface area contributed by atoms with Crippen LogP contribution in [0.25, 0.3) is 0 Å². The second-order valence-electron chi connectivity index (χ2n) is 8.49. The van der Waals surface area contributed by atoms with Gasteiger partial charge in [-0.2, -0.15) is 0 Å². The normalized spacial score (nSPS) is 44.3. The summed E-state index contributed by atoms with van der Waals surface area (Å²) in [6.07, 6.45) is 8.38. The van der Waals surface area contributed by atoms with E-state index in [2.05, 4.69) is 26.5 Å². The molecule has 0 heterocycles. The minimum atomic E-state index is -0.202. The van der Waals surface area contributed by atoms with Crippen molar-refractivity contribution < 1.29 is 14.3 Å². The molecule has 0 aromatic carbocycles. The maximum atomic E-state index is 12.5. The highest BCUT2D eigenvalue weighted by atomic mass is 16.5.